The molecule has 2 bridgehead atoms. The lowest BCUT2D eigenvalue weighted by atomic mass is 10.1. The van der Waals surface area contributed by atoms with Crippen LogP contribution in [0.1, 0.15) is 31.2 Å². The second kappa shape index (κ2) is 7.84. The lowest BCUT2D eigenvalue weighted by Gasteiger charge is -2.24. The van der Waals surface area contributed by atoms with Gasteiger partial charge in [-0.3, -0.25) is 4.79 Å². The summed E-state index contributed by atoms with van der Waals surface area (Å²) in [5.74, 6) is 1.14. The van der Waals surface area contributed by atoms with Crippen LogP contribution in [0.3, 0.4) is 0 Å². The number of aryl methyl sites for hydroxylation is 1. The molecule has 2 saturated heterocycles. The highest BCUT2D eigenvalue weighted by Crippen LogP contribution is 2.21. The number of rotatable bonds is 4. The summed E-state index contributed by atoms with van der Waals surface area (Å²) in [5, 5.41) is 3.62. The fourth-order valence-electron chi connectivity index (χ4n) is 3.41. The van der Waals surface area contributed by atoms with Crippen LogP contribution >= 0.6 is 12.4 Å². The van der Waals surface area contributed by atoms with Crippen molar-refractivity contribution in [2.24, 2.45) is 0 Å². The molecule has 2 atom stereocenters. The summed E-state index contributed by atoms with van der Waals surface area (Å²) in [5.41, 5.74) is 1.16. The number of amides is 1. The van der Waals surface area contributed by atoms with Gasteiger partial charge in [0, 0.05) is 31.6 Å². The van der Waals surface area contributed by atoms with Crippen molar-refractivity contribution in [2.45, 2.75) is 44.2 Å². The average Bonchev–Trinajstić information content (AvgIpc) is 2.84. The van der Waals surface area contributed by atoms with Crippen molar-refractivity contribution >= 4 is 18.3 Å². The second-order valence-corrected chi connectivity index (χ2v) is 6.12. The molecule has 1 aromatic rings. The number of halogens is 1. The van der Waals surface area contributed by atoms with Gasteiger partial charge in [0.05, 0.1) is 7.11 Å². The molecule has 5 heteroatoms. The lowest BCUT2D eigenvalue weighted by molar-refractivity contribution is -0.131. The normalized spacial score (nSPS) is 23.6. The fourth-order valence-corrected chi connectivity index (χ4v) is 3.41. The van der Waals surface area contributed by atoms with Gasteiger partial charge >= 0.3 is 0 Å². The van der Waals surface area contributed by atoms with Gasteiger partial charge in [0.2, 0.25) is 5.91 Å². The zero-order valence-electron chi connectivity index (χ0n) is 13.1. The van der Waals surface area contributed by atoms with Crippen LogP contribution in [0.2, 0.25) is 0 Å². The molecule has 0 aliphatic carbocycles. The maximum Gasteiger partial charge on any atom is 0.222 e. The predicted molar refractivity (Wildman–Crippen MR) is 89.7 cm³/mol. The zero-order valence-corrected chi connectivity index (χ0v) is 13.9. The molecule has 1 amide bonds. The van der Waals surface area contributed by atoms with Crippen LogP contribution in [-0.2, 0) is 11.2 Å². The molecule has 3 rings (SSSR count). The average molecular weight is 325 g/mol. The minimum absolute atomic E-state index is 0. The monoisotopic (exact) mass is 324 g/mol. The van der Waals surface area contributed by atoms with Gasteiger partial charge in [0.25, 0.3) is 0 Å². The number of nitrogens with one attached hydrogen (secondary N) is 1. The number of ether oxygens (including phenoxy) is 1. The lowest BCUT2D eigenvalue weighted by Crippen LogP contribution is -2.39. The standard InChI is InChI=1S/C17H24N2O2.ClH/c1-21-16-4-2-3-13(11-16)5-8-17(20)19-10-9-14-6-7-15(12-19)18-14;/h2-4,11,14-15,18H,5-10,12H2,1H3;1H. The number of hydrogen-bond donors (Lipinski definition) is 1. The van der Waals surface area contributed by atoms with E-state index < -0.39 is 0 Å². The Morgan fingerprint density at radius 2 is 2.14 bits per heavy atom. The quantitative estimate of drug-likeness (QED) is 0.924. The van der Waals surface area contributed by atoms with Gasteiger partial charge in [0.15, 0.2) is 0 Å². The molecule has 2 unspecified atom stereocenters. The van der Waals surface area contributed by atoms with Gasteiger partial charge in [-0.1, -0.05) is 12.1 Å². The molecular formula is C17H25ClN2O2. The van der Waals surface area contributed by atoms with E-state index in [1.165, 1.54) is 12.8 Å². The molecule has 2 aliphatic heterocycles. The van der Waals surface area contributed by atoms with Crippen molar-refractivity contribution < 1.29 is 9.53 Å². The van der Waals surface area contributed by atoms with E-state index in [0.717, 1.165) is 37.2 Å². The first-order chi connectivity index (χ1) is 10.2. The Bertz CT molecular complexity index is 509. The zero-order chi connectivity index (χ0) is 14.7. The Kier molecular flexibility index (Phi) is 6.09. The van der Waals surface area contributed by atoms with E-state index in [-0.39, 0.29) is 18.3 Å². The van der Waals surface area contributed by atoms with Crippen LogP contribution in [0.25, 0.3) is 0 Å². The number of benzene rings is 1. The van der Waals surface area contributed by atoms with Gasteiger partial charge in [-0.05, 0) is 43.4 Å². The van der Waals surface area contributed by atoms with Crippen LogP contribution < -0.4 is 10.1 Å². The third kappa shape index (κ3) is 4.14. The van der Waals surface area contributed by atoms with Crippen LogP contribution in [0.4, 0.5) is 0 Å². The molecular weight excluding hydrogens is 300 g/mol. The summed E-state index contributed by atoms with van der Waals surface area (Å²) in [6.07, 6.45) is 4.96. The highest BCUT2D eigenvalue weighted by atomic mass is 35.5. The number of methoxy groups -OCH3 is 1. The number of carbonyl (C=O) groups excluding carboxylic acids is 1. The Morgan fingerprint density at radius 3 is 2.95 bits per heavy atom. The van der Waals surface area contributed by atoms with E-state index >= 15 is 0 Å². The van der Waals surface area contributed by atoms with Crippen molar-refractivity contribution in [1.29, 1.82) is 0 Å². The van der Waals surface area contributed by atoms with E-state index in [4.69, 9.17) is 4.74 Å². The topological polar surface area (TPSA) is 41.6 Å². The largest absolute Gasteiger partial charge is 0.497 e. The van der Waals surface area contributed by atoms with Crippen molar-refractivity contribution in [3.63, 3.8) is 0 Å². The Morgan fingerprint density at radius 1 is 1.32 bits per heavy atom. The Hall–Kier alpha value is -1.26. The minimum Gasteiger partial charge on any atom is -0.497 e. The minimum atomic E-state index is 0. The highest BCUT2D eigenvalue weighted by molar-refractivity contribution is 5.85. The van der Waals surface area contributed by atoms with Crippen LogP contribution in [-0.4, -0.2) is 43.1 Å². The molecule has 0 radical (unpaired) electrons. The number of fused-ring (bicyclic) bond motifs is 2. The summed E-state index contributed by atoms with van der Waals surface area (Å²) in [6, 6.07) is 9.13. The molecule has 0 aromatic heterocycles. The van der Waals surface area contributed by atoms with Crippen LogP contribution in [0, 0.1) is 0 Å². The van der Waals surface area contributed by atoms with E-state index in [1.807, 2.05) is 18.2 Å². The smallest absolute Gasteiger partial charge is 0.222 e. The van der Waals surface area contributed by atoms with Gasteiger partial charge < -0.3 is 15.0 Å². The highest BCUT2D eigenvalue weighted by Gasteiger charge is 2.30. The molecule has 2 fully saturated rings. The summed E-state index contributed by atoms with van der Waals surface area (Å²) in [7, 11) is 1.67. The maximum absolute atomic E-state index is 12.4. The van der Waals surface area contributed by atoms with E-state index in [0.29, 0.717) is 18.5 Å². The van der Waals surface area contributed by atoms with Crippen molar-refractivity contribution in [2.75, 3.05) is 20.2 Å². The Balaban J connectivity index is 0.00000176. The van der Waals surface area contributed by atoms with Crippen molar-refractivity contribution in [3.05, 3.63) is 29.8 Å². The third-order valence-electron chi connectivity index (χ3n) is 4.64. The van der Waals surface area contributed by atoms with E-state index in [9.17, 15) is 4.79 Å². The first-order valence-electron chi connectivity index (χ1n) is 7.91. The van der Waals surface area contributed by atoms with E-state index in [1.54, 1.807) is 7.11 Å². The Labute approximate surface area is 138 Å². The van der Waals surface area contributed by atoms with Gasteiger partial charge in [-0.25, -0.2) is 0 Å². The molecule has 2 heterocycles. The predicted octanol–water partition coefficient (Wildman–Crippen LogP) is 2.40. The molecule has 4 nitrogen and oxygen atoms in total. The number of hydrogen-bond acceptors (Lipinski definition) is 3. The summed E-state index contributed by atoms with van der Waals surface area (Å²) in [4.78, 5) is 14.5. The van der Waals surface area contributed by atoms with Crippen molar-refractivity contribution in [3.8, 4) is 5.75 Å². The molecule has 0 saturated carbocycles. The first kappa shape index (κ1) is 17.1. The van der Waals surface area contributed by atoms with E-state index in [2.05, 4.69) is 16.3 Å². The molecule has 2 aliphatic rings. The summed E-state index contributed by atoms with van der Waals surface area (Å²) >= 11 is 0. The summed E-state index contributed by atoms with van der Waals surface area (Å²) in [6.45, 7) is 1.79. The SMILES string of the molecule is COc1cccc(CCC(=O)N2CCC3CCC(C2)N3)c1.Cl. The molecule has 1 aromatic carbocycles. The number of nitrogens with zero attached hydrogens (tertiary/aromatic N) is 1. The van der Waals surface area contributed by atoms with Gasteiger partial charge in [-0.2, -0.15) is 0 Å². The van der Waals surface area contributed by atoms with Crippen LogP contribution in [0.5, 0.6) is 5.75 Å². The first-order valence-corrected chi connectivity index (χ1v) is 7.91. The molecule has 22 heavy (non-hydrogen) atoms. The van der Waals surface area contributed by atoms with Crippen molar-refractivity contribution in [1.82, 2.24) is 10.2 Å². The third-order valence-corrected chi connectivity index (χ3v) is 4.64. The number of carbonyl (C=O) groups is 1. The van der Waals surface area contributed by atoms with Crippen LogP contribution in [0.15, 0.2) is 24.3 Å². The van der Waals surface area contributed by atoms with Gasteiger partial charge in [-0.15, -0.1) is 12.4 Å². The second-order valence-electron chi connectivity index (χ2n) is 6.12. The molecule has 122 valence electrons. The molecule has 0 spiro atoms. The number of likely N-dealkylation sites (tertiary alicyclic amines) is 1. The molecule has 1 N–H and O–H groups in total. The fraction of sp³-hybridized carbons (Fsp3) is 0.588. The maximum atomic E-state index is 12.4. The van der Waals surface area contributed by atoms with Gasteiger partial charge in [0.1, 0.15) is 5.75 Å². The summed E-state index contributed by atoms with van der Waals surface area (Å²) < 4.78 is 5.22.